The van der Waals surface area contributed by atoms with Crippen molar-refractivity contribution in [1.82, 2.24) is 19.3 Å². The van der Waals surface area contributed by atoms with Gasteiger partial charge >= 0.3 is 0 Å². The van der Waals surface area contributed by atoms with Crippen LogP contribution in [0, 0.1) is 5.92 Å². The summed E-state index contributed by atoms with van der Waals surface area (Å²) in [6.07, 6.45) is 6.59. The number of nitrogens with two attached hydrogens (primary N) is 1. The van der Waals surface area contributed by atoms with Crippen molar-refractivity contribution >= 4 is 0 Å². The lowest BCUT2D eigenvalue weighted by Crippen LogP contribution is -2.17. The maximum absolute atomic E-state index is 6.21. The maximum Gasteiger partial charge on any atom is 0.0952 e. The summed E-state index contributed by atoms with van der Waals surface area (Å²) < 4.78 is 3.88. The summed E-state index contributed by atoms with van der Waals surface area (Å²) in [5, 5.41) is 4.37. The third-order valence-corrected chi connectivity index (χ3v) is 2.95. The van der Waals surface area contributed by atoms with Crippen molar-refractivity contribution in [3.8, 4) is 0 Å². The van der Waals surface area contributed by atoms with Gasteiger partial charge in [-0.15, -0.1) is 0 Å². The normalized spacial score (nSPS) is 13.2. The molecule has 0 bridgehead atoms. The number of hydrogen-bond acceptors (Lipinski definition) is 3. The van der Waals surface area contributed by atoms with Gasteiger partial charge < -0.3 is 10.3 Å². The molecule has 0 fully saturated rings. The number of nitrogens with zero attached hydrogens (tertiary/aromatic N) is 4. The molecule has 2 rings (SSSR count). The predicted molar refractivity (Wildman–Crippen MR) is 70.9 cm³/mol. The first-order chi connectivity index (χ1) is 8.56. The molecule has 98 valence electrons. The Morgan fingerprint density at radius 3 is 2.78 bits per heavy atom. The van der Waals surface area contributed by atoms with Gasteiger partial charge in [0.05, 0.1) is 24.3 Å². The molecule has 5 heteroatoms. The smallest absolute Gasteiger partial charge is 0.0952 e. The summed E-state index contributed by atoms with van der Waals surface area (Å²) in [5.74, 6) is 0.582. The van der Waals surface area contributed by atoms with E-state index in [4.69, 9.17) is 5.73 Å². The van der Waals surface area contributed by atoms with Gasteiger partial charge in [0.25, 0.3) is 0 Å². The second-order valence-corrected chi connectivity index (χ2v) is 5.16. The van der Waals surface area contributed by atoms with Gasteiger partial charge in [-0.2, -0.15) is 5.10 Å². The second-order valence-electron chi connectivity index (χ2n) is 5.16. The molecule has 0 amide bonds. The number of hydrogen-bond donors (Lipinski definition) is 1. The molecule has 2 heterocycles. The van der Waals surface area contributed by atoms with Gasteiger partial charge in [0.1, 0.15) is 0 Å². The molecule has 2 aromatic rings. The van der Waals surface area contributed by atoms with Crippen LogP contribution in [0.5, 0.6) is 0 Å². The minimum atomic E-state index is 0.0382. The molecule has 0 aliphatic carbocycles. The average Bonchev–Trinajstić information content (AvgIpc) is 2.87. The average molecular weight is 247 g/mol. The van der Waals surface area contributed by atoms with Crippen LogP contribution in [0.3, 0.4) is 0 Å². The Morgan fingerprint density at radius 1 is 1.39 bits per heavy atom. The summed E-state index contributed by atoms with van der Waals surface area (Å²) in [6.45, 7) is 5.08. The number of aryl methyl sites for hydroxylation is 1. The maximum atomic E-state index is 6.21. The molecule has 1 unspecified atom stereocenters. The first-order valence-electron chi connectivity index (χ1n) is 6.30. The van der Waals surface area contributed by atoms with Crippen molar-refractivity contribution in [2.45, 2.75) is 32.9 Å². The van der Waals surface area contributed by atoms with Crippen molar-refractivity contribution < 1.29 is 0 Å². The van der Waals surface area contributed by atoms with E-state index in [9.17, 15) is 0 Å². The number of imidazole rings is 1. The molecule has 2 aromatic heterocycles. The molecular weight excluding hydrogens is 226 g/mol. The Labute approximate surface area is 108 Å². The van der Waals surface area contributed by atoms with E-state index in [0.717, 1.165) is 24.4 Å². The van der Waals surface area contributed by atoms with Gasteiger partial charge in [0, 0.05) is 25.5 Å². The molecule has 5 nitrogen and oxygen atoms in total. The highest BCUT2D eigenvalue weighted by Gasteiger charge is 2.13. The van der Waals surface area contributed by atoms with E-state index in [1.165, 1.54) is 0 Å². The van der Waals surface area contributed by atoms with Gasteiger partial charge in [0.15, 0.2) is 0 Å². The molecule has 0 saturated heterocycles. The molecule has 0 aromatic carbocycles. The minimum Gasteiger partial charge on any atom is -0.327 e. The number of aromatic nitrogens is 4. The molecule has 0 aliphatic rings. The quantitative estimate of drug-likeness (QED) is 0.875. The van der Waals surface area contributed by atoms with E-state index < -0.39 is 0 Å². The molecular formula is C13H21N5. The topological polar surface area (TPSA) is 61.7 Å². The Balaban J connectivity index is 2.12. The largest absolute Gasteiger partial charge is 0.327 e. The van der Waals surface area contributed by atoms with E-state index in [0.29, 0.717) is 5.92 Å². The standard InChI is InChI=1S/C13H21N5/c1-10(2)6-12(14)13-7-15-9-18(13)8-11-4-5-17(3)16-11/h4-5,7,9-10,12H,6,8,14H2,1-3H3. The monoisotopic (exact) mass is 247 g/mol. The highest BCUT2D eigenvalue weighted by atomic mass is 15.3. The summed E-state index contributed by atoms with van der Waals surface area (Å²) >= 11 is 0. The van der Waals surface area contributed by atoms with Gasteiger partial charge in [-0.3, -0.25) is 4.68 Å². The van der Waals surface area contributed by atoms with Gasteiger partial charge in [-0.1, -0.05) is 13.8 Å². The van der Waals surface area contributed by atoms with E-state index in [-0.39, 0.29) is 6.04 Å². The predicted octanol–water partition coefficient (Wildman–Crippen LogP) is 1.71. The highest BCUT2D eigenvalue weighted by Crippen LogP contribution is 2.18. The third kappa shape index (κ3) is 2.98. The zero-order chi connectivity index (χ0) is 13.1. The van der Waals surface area contributed by atoms with Crippen LogP contribution in [0.1, 0.15) is 37.7 Å². The molecule has 0 radical (unpaired) electrons. The van der Waals surface area contributed by atoms with Gasteiger partial charge in [-0.05, 0) is 18.4 Å². The van der Waals surface area contributed by atoms with Crippen molar-refractivity contribution in [2.24, 2.45) is 18.7 Å². The molecule has 0 saturated carbocycles. The summed E-state index contributed by atoms with van der Waals surface area (Å²) in [7, 11) is 1.92. The lowest BCUT2D eigenvalue weighted by atomic mass is 10.0. The van der Waals surface area contributed by atoms with Crippen LogP contribution in [0.2, 0.25) is 0 Å². The zero-order valence-corrected chi connectivity index (χ0v) is 11.2. The fourth-order valence-electron chi connectivity index (χ4n) is 2.12. The van der Waals surface area contributed by atoms with Crippen molar-refractivity contribution in [1.29, 1.82) is 0 Å². The first kappa shape index (κ1) is 12.8. The van der Waals surface area contributed by atoms with Crippen molar-refractivity contribution in [3.63, 3.8) is 0 Å². The third-order valence-electron chi connectivity index (χ3n) is 2.95. The summed E-state index contributed by atoms with van der Waals surface area (Å²) in [4.78, 5) is 4.20. The van der Waals surface area contributed by atoms with Crippen molar-refractivity contribution in [2.75, 3.05) is 0 Å². The lowest BCUT2D eigenvalue weighted by molar-refractivity contribution is 0.487. The lowest BCUT2D eigenvalue weighted by Gasteiger charge is -2.15. The van der Waals surface area contributed by atoms with E-state index >= 15 is 0 Å². The Kier molecular flexibility index (Phi) is 3.81. The molecule has 0 aliphatic heterocycles. The Morgan fingerprint density at radius 2 is 2.17 bits per heavy atom. The highest BCUT2D eigenvalue weighted by molar-refractivity contribution is 5.08. The van der Waals surface area contributed by atoms with Gasteiger partial charge in [-0.25, -0.2) is 4.98 Å². The Bertz CT molecular complexity index is 497. The second kappa shape index (κ2) is 5.35. The Hall–Kier alpha value is -1.62. The fraction of sp³-hybridized carbons (Fsp3) is 0.538. The van der Waals surface area contributed by atoms with Crippen LogP contribution in [0.15, 0.2) is 24.8 Å². The fourth-order valence-corrected chi connectivity index (χ4v) is 2.12. The van der Waals surface area contributed by atoms with Crippen LogP contribution in [0.4, 0.5) is 0 Å². The van der Waals surface area contributed by atoms with E-state index in [2.05, 4.69) is 28.5 Å². The minimum absolute atomic E-state index is 0.0382. The van der Waals surface area contributed by atoms with Crippen LogP contribution < -0.4 is 5.73 Å². The van der Waals surface area contributed by atoms with Crippen LogP contribution >= 0.6 is 0 Å². The molecule has 2 N–H and O–H groups in total. The van der Waals surface area contributed by atoms with Crippen LogP contribution in [-0.4, -0.2) is 19.3 Å². The van der Waals surface area contributed by atoms with Gasteiger partial charge in [0.2, 0.25) is 0 Å². The molecule has 0 spiro atoms. The summed E-state index contributed by atoms with van der Waals surface area (Å²) in [5.41, 5.74) is 8.31. The first-order valence-corrected chi connectivity index (χ1v) is 6.30. The summed E-state index contributed by atoms with van der Waals surface area (Å²) in [6, 6.07) is 2.05. The molecule has 1 atom stereocenters. The zero-order valence-electron chi connectivity index (χ0n) is 11.2. The SMILES string of the molecule is CC(C)CC(N)c1cncn1Cc1ccn(C)n1. The van der Waals surface area contributed by atoms with E-state index in [1.807, 2.05) is 31.8 Å². The van der Waals surface area contributed by atoms with Crippen LogP contribution in [0.25, 0.3) is 0 Å². The van der Waals surface area contributed by atoms with Crippen molar-refractivity contribution in [3.05, 3.63) is 36.2 Å². The van der Waals surface area contributed by atoms with E-state index in [1.54, 1.807) is 4.68 Å². The molecule has 18 heavy (non-hydrogen) atoms. The van der Waals surface area contributed by atoms with Crippen LogP contribution in [-0.2, 0) is 13.6 Å². The number of rotatable bonds is 5.